The molecule has 360 valence electrons. The molecule has 0 atom stereocenters. The van der Waals surface area contributed by atoms with Crippen molar-refractivity contribution in [2.75, 3.05) is 13.7 Å². The van der Waals surface area contributed by atoms with E-state index in [9.17, 15) is 35.9 Å². The zero-order chi connectivity index (χ0) is 47.9. The van der Waals surface area contributed by atoms with E-state index in [2.05, 4.69) is 36.9 Å². The Hall–Kier alpha value is -5.33. The number of amides is 1. The fourth-order valence-corrected chi connectivity index (χ4v) is 9.23. The highest BCUT2D eigenvalue weighted by Crippen LogP contribution is 2.49. The number of carbonyl (C=O) groups is 2. The van der Waals surface area contributed by atoms with Gasteiger partial charge in [-0.2, -0.15) is 0 Å². The van der Waals surface area contributed by atoms with E-state index >= 15 is 0 Å². The number of halogens is 6. The van der Waals surface area contributed by atoms with Crippen LogP contribution in [0, 0.1) is 34.9 Å². The Morgan fingerprint density at radius 1 is 0.621 bits per heavy atom. The Kier molecular flexibility index (Phi) is 18.7. The minimum Gasteiger partial charge on any atom is -0.484 e. The molecule has 8 N–H and O–H groups in total. The zero-order valence-corrected chi connectivity index (χ0v) is 37.5. The number of benzene rings is 3. The van der Waals surface area contributed by atoms with Crippen molar-refractivity contribution in [3.63, 3.8) is 0 Å². The minimum absolute atomic E-state index is 0.293. The SMILES string of the molecule is COC1=NCCCCCC1.Fc1ccc(C2(c3nnc4n3CCCCCC4)CCC2)cc1F.NN.NNC(=O)C1(c2ccc(F)c(F)c2)CCC1.O=C(O)C1(c2ccc(F)c(F)c2)CCC1. The van der Waals surface area contributed by atoms with Gasteiger partial charge in [-0.05, 0) is 117 Å². The Labute approximate surface area is 381 Å². The zero-order valence-electron chi connectivity index (χ0n) is 37.5. The number of nitrogens with two attached hydrogens (primary N) is 3. The molecule has 0 bridgehead atoms. The number of hydrogen-bond acceptors (Lipinski definition) is 9. The first kappa shape index (κ1) is 51.7. The van der Waals surface area contributed by atoms with Gasteiger partial charge in [0.05, 0.1) is 23.4 Å². The van der Waals surface area contributed by atoms with Gasteiger partial charge in [0, 0.05) is 25.9 Å². The number of hydrazine groups is 2. The van der Waals surface area contributed by atoms with Crippen LogP contribution in [0.15, 0.2) is 59.6 Å². The summed E-state index contributed by atoms with van der Waals surface area (Å²) in [5.74, 6) is 9.40. The van der Waals surface area contributed by atoms with Gasteiger partial charge < -0.3 is 14.4 Å². The van der Waals surface area contributed by atoms with Crippen LogP contribution in [0.4, 0.5) is 26.3 Å². The predicted octanol–water partition coefficient (Wildman–Crippen LogP) is 8.80. The van der Waals surface area contributed by atoms with Crippen molar-refractivity contribution < 1.29 is 45.8 Å². The number of ether oxygens (including phenoxy) is 1. The number of carbonyl (C=O) groups excluding carboxylic acids is 1. The lowest BCUT2D eigenvalue weighted by Gasteiger charge is -2.41. The van der Waals surface area contributed by atoms with Gasteiger partial charge >= 0.3 is 5.97 Å². The fraction of sp³-hybridized carbons (Fsp3) is 0.521. The molecule has 3 heterocycles. The van der Waals surface area contributed by atoms with Gasteiger partial charge in [-0.1, -0.05) is 63.1 Å². The second-order valence-electron chi connectivity index (χ2n) is 17.4. The first-order valence-corrected chi connectivity index (χ1v) is 22.7. The third-order valence-corrected chi connectivity index (χ3v) is 13.6. The maximum atomic E-state index is 13.8. The second kappa shape index (κ2) is 23.9. The van der Waals surface area contributed by atoms with E-state index in [4.69, 9.17) is 15.7 Å². The van der Waals surface area contributed by atoms with E-state index < -0.39 is 51.7 Å². The standard InChI is InChI=1S/C18H21F2N3.C11H12F2N2O.C11H10F2O2.C8H15NO.H4N2/c19-14-8-7-13(12-15(14)20)18(9-5-10-18)17-22-21-16-6-3-1-2-4-11-23(16)17;12-8-3-2-7(6-9(8)13)11(4-1-5-11)10(16)15-14;12-8-3-2-7(6-9(8)13)11(10(14)15)4-1-5-11;1-10-8-6-4-2-3-5-7-9-8;1-2/h7-8,12H,1-6,9-11H2;2-3,6H,1,4-5,14H2,(H,15,16);2-3,6H,1,4-5H2,(H,14,15);2-7H2,1H3;1-2H2. The topological polar surface area (TPSA) is 197 Å². The van der Waals surface area contributed by atoms with Crippen LogP contribution in [-0.2, 0) is 43.5 Å². The van der Waals surface area contributed by atoms with Gasteiger partial charge in [-0.3, -0.25) is 31.7 Å². The highest BCUT2D eigenvalue weighted by atomic mass is 19.2. The largest absolute Gasteiger partial charge is 0.484 e. The summed E-state index contributed by atoms with van der Waals surface area (Å²) in [4.78, 5) is 27.0. The van der Waals surface area contributed by atoms with Crippen molar-refractivity contribution in [3.8, 4) is 0 Å². The Balaban J connectivity index is 0.000000169. The molecule has 4 aromatic rings. The number of nitrogens with zero attached hydrogens (tertiary/aromatic N) is 4. The molecule has 1 amide bonds. The summed E-state index contributed by atoms with van der Waals surface area (Å²) in [5.41, 5.74) is 1.71. The molecular formula is C48H62F6N8O4. The second-order valence-corrected chi connectivity index (χ2v) is 17.4. The third kappa shape index (κ3) is 11.6. The van der Waals surface area contributed by atoms with E-state index in [0.29, 0.717) is 36.8 Å². The molecule has 3 fully saturated rings. The number of carboxylic acid groups (broad SMARTS) is 1. The Morgan fingerprint density at radius 3 is 1.58 bits per heavy atom. The van der Waals surface area contributed by atoms with Crippen molar-refractivity contribution in [3.05, 3.63) is 118 Å². The molecule has 0 unspecified atom stereocenters. The minimum atomic E-state index is -0.992. The van der Waals surface area contributed by atoms with Crippen molar-refractivity contribution in [1.82, 2.24) is 20.2 Å². The number of rotatable bonds is 6. The summed E-state index contributed by atoms with van der Waals surface area (Å²) in [6.45, 7) is 1.90. The lowest BCUT2D eigenvalue weighted by Crippen LogP contribution is -2.51. The predicted molar refractivity (Wildman–Crippen MR) is 238 cm³/mol. The third-order valence-electron chi connectivity index (χ3n) is 13.6. The smallest absolute Gasteiger partial charge is 0.314 e. The molecule has 2 aliphatic heterocycles. The summed E-state index contributed by atoms with van der Waals surface area (Å²) in [6, 6.07) is 11.2. The van der Waals surface area contributed by atoms with Crippen molar-refractivity contribution in [2.24, 2.45) is 22.5 Å². The first-order chi connectivity index (χ1) is 31.8. The van der Waals surface area contributed by atoms with Crippen LogP contribution in [0.3, 0.4) is 0 Å². The molecule has 1 aromatic heterocycles. The average molecular weight is 929 g/mol. The number of fused-ring (bicyclic) bond motifs is 1. The van der Waals surface area contributed by atoms with Gasteiger partial charge in [-0.25, -0.2) is 32.2 Å². The van der Waals surface area contributed by atoms with Crippen LogP contribution in [0.2, 0.25) is 0 Å². The quantitative estimate of drug-likeness (QED) is 0.0543. The van der Waals surface area contributed by atoms with E-state index in [-0.39, 0.29) is 11.3 Å². The molecule has 9 rings (SSSR count). The highest BCUT2D eigenvalue weighted by Gasteiger charge is 2.47. The number of aliphatic imine (C=N–C) groups is 1. The summed E-state index contributed by atoms with van der Waals surface area (Å²) >= 11 is 0. The average Bonchev–Trinajstić information content (AvgIpc) is 3.62. The monoisotopic (exact) mass is 928 g/mol. The normalized spacial score (nSPS) is 18.7. The summed E-state index contributed by atoms with van der Waals surface area (Å²) < 4.78 is 85.9. The molecular weight excluding hydrogens is 867 g/mol. The molecule has 66 heavy (non-hydrogen) atoms. The molecule has 12 nitrogen and oxygen atoms in total. The number of aliphatic carboxylic acids is 1. The number of aromatic nitrogens is 3. The number of aryl methyl sites for hydroxylation is 1. The van der Waals surface area contributed by atoms with Gasteiger partial charge in [0.1, 0.15) is 11.6 Å². The molecule has 0 saturated heterocycles. The van der Waals surface area contributed by atoms with E-state index in [1.165, 1.54) is 62.8 Å². The van der Waals surface area contributed by atoms with Gasteiger partial charge in [-0.15, -0.1) is 10.2 Å². The van der Waals surface area contributed by atoms with Crippen molar-refractivity contribution >= 4 is 17.8 Å². The number of carboxylic acids is 1. The van der Waals surface area contributed by atoms with E-state index in [0.717, 1.165) is 118 Å². The van der Waals surface area contributed by atoms with E-state index in [1.54, 1.807) is 13.2 Å². The Morgan fingerprint density at radius 2 is 1.11 bits per heavy atom. The molecule has 3 aliphatic carbocycles. The first-order valence-electron chi connectivity index (χ1n) is 22.7. The summed E-state index contributed by atoms with van der Waals surface area (Å²) in [7, 11) is 1.71. The van der Waals surface area contributed by atoms with Gasteiger partial charge in [0.2, 0.25) is 5.91 Å². The van der Waals surface area contributed by atoms with Crippen LogP contribution in [0.1, 0.15) is 144 Å². The number of methoxy groups -OCH3 is 1. The van der Waals surface area contributed by atoms with E-state index in [1.807, 2.05) is 0 Å². The molecule has 18 heteroatoms. The molecule has 3 aromatic carbocycles. The summed E-state index contributed by atoms with van der Waals surface area (Å²) in [6.07, 6.45) is 18.7. The van der Waals surface area contributed by atoms with Crippen LogP contribution in [0.5, 0.6) is 0 Å². The van der Waals surface area contributed by atoms with Gasteiger partial charge in [0.25, 0.3) is 0 Å². The maximum Gasteiger partial charge on any atom is 0.314 e. The van der Waals surface area contributed by atoms with Crippen molar-refractivity contribution in [1.29, 1.82) is 0 Å². The fourth-order valence-electron chi connectivity index (χ4n) is 9.23. The maximum absolute atomic E-state index is 13.8. The van der Waals surface area contributed by atoms with Crippen LogP contribution < -0.4 is 23.0 Å². The number of nitrogens with one attached hydrogen (secondary N) is 1. The molecule has 3 saturated carbocycles. The van der Waals surface area contributed by atoms with Gasteiger partial charge in [0.15, 0.2) is 40.8 Å². The lowest BCUT2D eigenvalue weighted by molar-refractivity contribution is -0.147. The molecule has 5 aliphatic rings. The highest BCUT2D eigenvalue weighted by molar-refractivity contribution is 5.88. The summed E-state index contributed by atoms with van der Waals surface area (Å²) in [5, 5.41) is 18.0. The Bertz CT molecular complexity index is 2280. The lowest BCUT2D eigenvalue weighted by atomic mass is 9.63. The van der Waals surface area contributed by atoms with Crippen LogP contribution in [-0.4, -0.2) is 51.3 Å². The van der Waals surface area contributed by atoms with Crippen LogP contribution in [0.25, 0.3) is 0 Å². The van der Waals surface area contributed by atoms with Crippen LogP contribution >= 0.6 is 0 Å². The van der Waals surface area contributed by atoms with Crippen molar-refractivity contribution in [2.45, 2.75) is 145 Å². The molecule has 0 radical (unpaired) electrons. The molecule has 0 spiro atoms. The number of hydrogen-bond donors (Lipinski definition) is 5.